The van der Waals surface area contributed by atoms with Gasteiger partial charge in [0.1, 0.15) is 0 Å². The van der Waals surface area contributed by atoms with Crippen LogP contribution in [0.4, 0.5) is 0 Å². The average Bonchev–Trinajstić information content (AvgIpc) is 3.90. The van der Waals surface area contributed by atoms with E-state index in [0.717, 1.165) is 71.6 Å². The van der Waals surface area contributed by atoms with Gasteiger partial charge in [-0.2, -0.15) is 26.3 Å². The number of nitriles is 5. The van der Waals surface area contributed by atoms with Crippen LogP contribution in [-0.4, -0.2) is 14.1 Å². The van der Waals surface area contributed by atoms with Crippen LogP contribution in [-0.2, 0) is 0 Å². The highest BCUT2D eigenvalue weighted by Crippen LogP contribution is 2.44. The van der Waals surface area contributed by atoms with Gasteiger partial charge in [-0.25, -0.2) is 4.98 Å². The zero-order valence-electron chi connectivity index (χ0n) is 34.9. The van der Waals surface area contributed by atoms with Gasteiger partial charge in [0.2, 0.25) is 0 Å². The zero-order valence-corrected chi connectivity index (χ0v) is 34.9. The van der Waals surface area contributed by atoms with E-state index in [2.05, 4.69) is 88.0 Å². The van der Waals surface area contributed by atoms with Crippen LogP contribution >= 0.6 is 0 Å². The summed E-state index contributed by atoms with van der Waals surface area (Å²) < 4.78 is 4.38. The Bertz CT molecular complexity index is 3850. The number of rotatable bonds is 6. The molecule has 0 radical (unpaired) electrons. The van der Waals surface area contributed by atoms with Gasteiger partial charge in [-0.1, -0.05) is 109 Å². The quantitative estimate of drug-likeness (QED) is 0.163. The number of para-hydroxylation sites is 2. The molecule has 0 aliphatic carbocycles. The molecule has 0 atom stereocenters. The van der Waals surface area contributed by atoms with Crippen molar-refractivity contribution in [1.29, 1.82) is 26.3 Å². The molecule has 3 aromatic heterocycles. The highest BCUT2D eigenvalue weighted by atomic mass is 15.0. The van der Waals surface area contributed by atoms with Gasteiger partial charge in [-0.3, -0.25) is 0 Å². The lowest BCUT2D eigenvalue weighted by atomic mass is 9.97. The maximum absolute atomic E-state index is 11.0. The summed E-state index contributed by atoms with van der Waals surface area (Å²) in [5.41, 5.74) is 13.1. The highest BCUT2D eigenvalue weighted by molar-refractivity contribution is 6.13. The third-order valence-electron chi connectivity index (χ3n) is 12.3. The van der Waals surface area contributed by atoms with Crippen molar-refractivity contribution in [3.8, 4) is 86.5 Å². The van der Waals surface area contributed by atoms with Crippen LogP contribution in [0.5, 0.6) is 0 Å². The van der Waals surface area contributed by atoms with E-state index >= 15 is 0 Å². The molecule has 0 bridgehead atoms. The standard InChI is InChI=1S/C58H30N8/c59-31-36-17-21-44(42(25-36)34-62)40-19-23-48-46-11-4-6-15-52(46)65(54(48)29-40)56-27-38(33-61)28-57(58(56)51-14-8-13-50(64-51)39-9-2-1-3-10-39)66-53-16-7-5-12-47(53)49-24-20-41(30-55(49)66)45-22-18-37(32-60)26-43(45)35-63/h1-30H. The van der Waals surface area contributed by atoms with E-state index in [4.69, 9.17) is 4.98 Å². The number of hydrogen-bond donors (Lipinski definition) is 0. The first kappa shape index (κ1) is 38.9. The fraction of sp³-hybridized carbons (Fsp3) is 0. The fourth-order valence-electron chi connectivity index (χ4n) is 9.35. The van der Waals surface area contributed by atoms with Gasteiger partial charge in [0.25, 0.3) is 0 Å². The van der Waals surface area contributed by atoms with Crippen molar-refractivity contribution in [3.63, 3.8) is 0 Å². The highest BCUT2D eigenvalue weighted by Gasteiger charge is 2.25. The van der Waals surface area contributed by atoms with Crippen molar-refractivity contribution in [2.24, 2.45) is 0 Å². The molecular formula is C58H30N8. The molecule has 0 N–H and O–H groups in total. The number of nitrogens with zero attached hydrogens (tertiary/aromatic N) is 8. The van der Waals surface area contributed by atoms with Gasteiger partial charge in [-0.15, -0.1) is 0 Å². The molecule has 0 fully saturated rings. The molecular weight excluding hydrogens is 809 g/mol. The van der Waals surface area contributed by atoms with E-state index < -0.39 is 0 Å². The molecule has 11 rings (SSSR count). The Kier molecular flexibility index (Phi) is 9.24. The van der Waals surface area contributed by atoms with Crippen molar-refractivity contribution in [2.75, 3.05) is 0 Å². The molecule has 0 aliphatic rings. The maximum Gasteiger partial charge on any atom is 0.0998 e. The van der Waals surface area contributed by atoms with Crippen molar-refractivity contribution in [1.82, 2.24) is 14.1 Å². The lowest BCUT2D eigenvalue weighted by molar-refractivity contribution is 1.12. The third-order valence-corrected chi connectivity index (χ3v) is 12.3. The number of pyridine rings is 1. The molecule has 11 aromatic rings. The first-order valence-electron chi connectivity index (χ1n) is 21.1. The topological polar surface area (TPSA) is 142 Å². The van der Waals surface area contributed by atoms with E-state index in [1.54, 1.807) is 24.3 Å². The Morgan fingerprint density at radius 3 is 1.30 bits per heavy atom. The Labute approximate surface area is 378 Å². The number of fused-ring (bicyclic) bond motifs is 6. The SMILES string of the molecule is N#Cc1ccc(-c2ccc3c4ccccc4n(-c4cc(C#N)cc(-n5c6ccccc6c6ccc(-c7ccc(C#N)cc7C#N)cc65)c4-c4cccc(-c5ccccc5)n4)c3c2)c(C#N)c1. The van der Waals surface area contributed by atoms with Gasteiger partial charge >= 0.3 is 0 Å². The Balaban J connectivity index is 1.28. The lowest BCUT2D eigenvalue weighted by Gasteiger charge is -2.21. The Hall–Kier alpha value is -10.0. The molecule has 8 nitrogen and oxygen atoms in total. The number of hydrogen-bond acceptors (Lipinski definition) is 6. The smallest absolute Gasteiger partial charge is 0.0998 e. The molecule has 8 heteroatoms. The minimum absolute atomic E-state index is 0.390. The summed E-state index contributed by atoms with van der Waals surface area (Å²) >= 11 is 0. The first-order chi connectivity index (χ1) is 32.5. The second-order valence-corrected chi connectivity index (χ2v) is 15.9. The maximum atomic E-state index is 11.0. The normalized spacial score (nSPS) is 11.0. The van der Waals surface area contributed by atoms with E-state index in [0.29, 0.717) is 56.0 Å². The second kappa shape index (κ2) is 15.7. The van der Waals surface area contributed by atoms with Crippen LogP contribution in [0.2, 0.25) is 0 Å². The number of benzene rings is 8. The monoisotopic (exact) mass is 838 g/mol. The van der Waals surface area contributed by atoms with Crippen LogP contribution in [0.3, 0.4) is 0 Å². The van der Waals surface area contributed by atoms with Gasteiger partial charge in [0.15, 0.2) is 0 Å². The molecule has 0 amide bonds. The van der Waals surface area contributed by atoms with Crippen LogP contribution in [0.1, 0.15) is 27.8 Å². The largest absolute Gasteiger partial charge is 0.308 e. The van der Waals surface area contributed by atoms with Gasteiger partial charge in [0, 0.05) is 32.7 Å². The predicted molar refractivity (Wildman–Crippen MR) is 258 cm³/mol. The van der Waals surface area contributed by atoms with Crippen LogP contribution in [0, 0.1) is 56.7 Å². The number of aromatic nitrogens is 3. The van der Waals surface area contributed by atoms with Crippen LogP contribution in [0.15, 0.2) is 182 Å². The van der Waals surface area contributed by atoms with Crippen molar-refractivity contribution in [3.05, 3.63) is 210 Å². The average molecular weight is 839 g/mol. The summed E-state index contributed by atoms with van der Waals surface area (Å²) in [5.74, 6) is 0. The van der Waals surface area contributed by atoms with E-state index in [-0.39, 0.29) is 0 Å². The summed E-state index contributed by atoms with van der Waals surface area (Å²) in [4.78, 5) is 5.40. The molecule has 66 heavy (non-hydrogen) atoms. The Morgan fingerprint density at radius 2 is 0.803 bits per heavy atom. The zero-order chi connectivity index (χ0) is 44.9. The summed E-state index contributed by atoms with van der Waals surface area (Å²) in [6.07, 6.45) is 0. The molecule has 8 aromatic carbocycles. The van der Waals surface area contributed by atoms with Crippen molar-refractivity contribution in [2.45, 2.75) is 0 Å². The van der Waals surface area contributed by atoms with E-state index in [1.807, 2.05) is 109 Å². The molecule has 0 saturated carbocycles. The molecule has 0 spiro atoms. The summed E-state index contributed by atoms with van der Waals surface area (Å²) in [7, 11) is 0. The molecule has 0 saturated heterocycles. The van der Waals surface area contributed by atoms with Crippen molar-refractivity contribution >= 4 is 43.6 Å². The molecule has 0 aliphatic heterocycles. The molecule has 302 valence electrons. The Morgan fingerprint density at radius 1 is 0.333 bits per heavy atom. The van der Waals surface area contributed by atoms with Crippen molar-refractivity contribution < 1.29 is 0 Å². The van der Waals surface area contributed by atoms with Crippen LogP contribution in [0.25, 0.3) is 99.8 Å². The fourth-order valence-corrected chi connectivity index (χ4v) is 9.35. The second-order valence-electron chi connectivity index (χ2n) is 15.9. The van der Waals surface area contributed by atoms with Gasteiger partial charge in [0.05, 0.1) is 103 Å². The van der Waals surface area contributed by atoms with E-state index in [9.17, 15) is 26.3 Å². The molecule has 0 unspecified atom stereocenters. The minimum atomic E-state index is 0.390. The van der Waals surface area contributed by atoms with E-state index in [1.165, 1.54) is 0 Å². The van der Waals surface area contributed by atoms with Gasteiger partial charge < -0.3 is 9.13 Å². The first-order valence-corrected chi connectivity index (χ1v) is 21.1. The summed E-state index contributed by atoms with van der Waals surface area (Å²) in [6.45, 7) is 0. The molecule has 3 heterocycles. The van der Waals surface area contributed by atoms with Gasteiger partial charge in [-0.05, 0) is 95.1 Å². The lowest BCUT2D eigenvalue weighted by Crippen LogP contribution is -2.06. The summed E-state index contributed by atoms with van der Waals surface area (Å²) in [5, 5.41) is 54.7. The minimum Gasteiger partial charge on any atom is -0.308 e. The third kappa shape index (κ3) is 6.22. The van der Waals surface area contributed by atoms with Crippen LogP contribution < -0.4 is 0 Å². The summed E-state index contributed by atoms with van der Waals surface area (Å²) in [6, 6.07) is 70.2. The predicted octanol–water partition coefficient (Wildman–Crippen LogP) is 13.3.